The minimum atomic E-state index is -4.74. The number of nitrogens with zero attached hydrogens (tertiary/aromatic N) is 3. The van der Waals surface area contributed by atoms with E-state index in [1.807, 2.05) is 24.0 Å². The van der Waals surface area contributed by atoms with Crippen molar-refractivity contribution in [3.8, 4) is 11.5 Å². The van der Waals surface area contributed by atoms with Crippen molar-refractivity contribution >= 4 is 5.95 Å². The molecule has 0 aliphatic rings. The number of hydrogen-bond donors (Lipinski definition) is 1. The van der Waals surface area contributed by atoms with Crippen LogP contribution in [0.25, 0.3) is 0 Å². The second kappa shape index (κ2) is 10.8. The minimum Gasteiger partial charge on any atom is -0.508 e. The second-order valence-corrected chi connectivity index (χ2v) is 9.01. The van der Waals surface area contributed by atoms with E-state index in [1.54, 1.807) is 36.7 Å². The lowest BCUT2D eigenvalue weighted by atomic mass is 9.82. The van der Waals surface area contributed by atoms with E-state index in [9.17, 15) is 18.3 Å². The number of phenolic OH excluding ortho intramolecular Hbond substituents is 1. The third-order valence-electron chi connectivity index (χ3n) is 5.72. The Hall–Kier alpha value is -3.55. The predicted molar refractivity (Wildman–Crippen MR) is 131 cm³/mol. The van der Waals surface area contributed by atoms with Crippen LogP contribution in [0.5, 0.6) is 11.5 Å². The lowest BCUT2D eigenvalue weighted by molar-refractivity contribution is -0.274. The van der Waals surface area contributed by atoms with Crippen molar-refractivity contribution in [2.24, 2.45) is 0 Å². The number of aromatic nitrogens is 2. The molecule has 0 unspecified atom stereocenters. The molecule has 0 amide bonds. The van der Waals surface area contributed by atoms with Crippen LogP contribution in [-0.4, -0.2) is 28.0 Å². The van der Waals surface area contributed by atoms with Crippen LogP contribution in [0.2, 0.25) is 0 Å². The zero-order valence-corrected chi connectivity index (χ0v) is 20.1. The van der Waals surface area contributed by atoms with Crippen molar-refractivity contribution in [1.82, 2.24) is 9.97 Å². The minimum absolute atomic E-state index is 0.223. The summed E-state index contributed by atoms with van der Waals surface area (Å²) < 4.78 is 41.5. The molecule has 0 bridgehead atoms. The highest BCUT2D eigenvalue weighted by Gasteiger charge is 2.31. The summed E-state index contributed by atoms with van der Waals surface area (Å²) >= 11 is 0. The fourth-order valence-corrected chi connectivity index (χ4v) is 3.80. The highest BCUT2D eigenvalue weighted by molar-refractivity contribution is 5.42. The molecule has 0 saturated heterocycles. The van der Waals surface area contributed by atoms with Crippen LogP contribution >= 0.6 is 0 Å². The number of halogens is 3. The number of ether oxygens (including phenoxy) is 1. The van der Waals surface area contributed by atoms with E-state index in [0.717, 1.165) is 28.7 Å². The van der Waals surface area contributed by atoms with Gasteiger partial charge in [0.2, 0.25) is 5.95 Å². The van der Waals surface area contributed by atoms with Gasteiger partial charge in [0, 0.05) is 30.9 Å². The smallest absolute Gasteiger partial charge is 0.508 e. The maximum atomic E-state index is 12.5. The van der Waals surface area contributed by atoms with Crippen LogP contribution in [0.1, 0.15) is 43.0 Å². The van der Waals surface area contributed by atoms with Gasteiger partial charge in [0.05, 0.1) is 0 Å². The normalized spacial score (nSPS) is 11.8. The predicted octanol–water partition coefficient (Wildman–Crippen LogP) is 6.36. The molecule has 3 aromatic rings. The molecule has 0 spiro atoms. The Balaban J connectivity index is 1.90. The molecule has 35 heavy (non-hydrogen) atoms. The van der Waals surface area contributed by atoms with E-state index in [1.165, 1.54) is 12.1 Å². The van der Waals surface area contributed by atoms with Crippen molar-refractivity contribution < 1.29 is 23.0 Å². The molecule has 5 nitrogen and oxygen atoms in total. The summed E-state index contributed by atoms with van der Waals surface area (Å²) in [6.45, 7) is 10.9. The molecule has 186 valence electrons. The fourth-order valence-electron chi connectivity index (χ4n) is 3.80. The average molecular weight is 486 g/mol. The van der Waals surface area contributed by atoms with Crippen LogP contribution in [0.4, 0.5) is 19.1 Å². The van der Waals surface area contributed by atoms with E-state index in [0.29, 0.717) is 25.5 Å². The van der Waals surface area contributed by atoms with Gasteiger partial charge in [-0.25, -0.2) is 9.97 Å². The van der Waals surface area contributed by atoms with Gasteiger partial charge < -0.3 is 14.7 Å². The summed E-state index contributed by atoms with van der Waals surface area (Å²) in [4.78, 5) is 11.1. The van der Waals surface area contributed by atoms with Crippen LogP contribution in [0.3, 0.4) is 0 Å². The second-order valence-electron chi connectivity index (χ2n) is 9.01. The van der Waals surface area contributed by atoms with Crippen molar-refractivity contribution in [3.63, 3.8) is 0 Å². The Bertz CT molecular complexity index is 1130. The molecule has 3 rings (SSSR count). The van der Waals surface area contributed by atoms with Gasteiger partial charge in [0.15, 0.2) is 0 Å². The molecule has 8 heteroatoms. The summed E-state index contributed by atoms with van der Waals surface area (Å²) in [5, 5.41) is 10.2. The number of allylic oxidation sites excluding steroid dienone is 1. The largest absolute Gasteiger partial charge is 0.573 e. The summed E-state index contributed by atoms with van der Waals surface area (Å²) in [6, 6.07) is 11.4. The SMILES string of the molecule is C=CCc1cc(C(C)(C)CN(Cc2ccc(OC(F)(F)F)cc2)c2ncc(CC)cn2)ccc1O. The van der Waals surface area contributed by atoms with Crippen LogP contribution in [-0.2, 0) is 24.8 Å². The number of hydrogen-bond acceptors (Lipinski definition) is 5. The molecule has 0 saturated carbocycles. The maximum Gasteiger partial charge on any atom is 0.573 e. The Morgan fingerprint density at radius 2 is 1.69 bits per heavy atom. The Morgan fingerprint density at radius 3 is 2.26 bits per heavy atom. The molecule has 0 aliphatic heterocycles. The van der Waals surface area contributed by atoms with Crippen molar-refractivity contribution in [2.45, 2.75) is 51.9 Å². The monoisotopic (exact) mass is 485 g/mol. The van der Waals surface area contributed by atoms with Gasteiger partial charge in [-0.05, 0) is 53.3 Å². The molecule has 1 aromatic heterocycles. The van der Waals surface area contributed by atoms with Gasteiger partial charge in [-0.15, -0.1) is 19.8 Å². The fraction of sp³-hybridized carbons (Fsp3) is 0.333. The molecule has 0 aliphatic carbocycles. The molecular weight excluding hydrogens is 455 g/mol. The first kappa shape index (κ1) is 26.1. The van der Waals surface area contributed by atoms with E-state index >= 15 is 0 Å². The number of anilines is 1. The highest BCUT2D eigenvalue weighted by Crippen LogP contribution is 2.31. The number of rotatable bonds is 10. The summed E-state index contributed by atoms with van der Waals surface area (Å²) in [7, 11) is 0. The first-order valence-corrected chi connectivity index (χ1v) is 11.3. The van der Waals surface area contributed by atoms with E-state index in [4.69, 9.17) is 0 Å². The molecule has 2 aromatic carbocycles. The standard InChI is InChI=1S/C27H30F3N3O2/c1-5-7-21-14-22(10-13-24(21)34)26(3,4)18-33(25-31-15-19(6-2)16-32-25)17-20-8-11-23(12-9-20)35-27(28,29)30/h5,8-16,34H,1,6-7,17-18H2,2-4H3. The van der Waals surface area contributed by atoms with Gasteiger partial charge in [-0.1, -0.05) is 51.1 Å². The molecule has 0 atom stereocenters. The molecule has 1 N–H and O–H groups in total. The first-order valence-electron chi connectivity index (χ1n) is 11.3. The molecule has 0 radical (unpaired) electrons. The van der Waals surface area contributed by atoms with Crippen molar-refractivity contribution in [3.05, 3.63) is 89.8 Å². The van der Waals surface area contributed by atoms with Gasteiger partial charge in [-0.2, -0.15) is 0 Å². The Labute approximate surface area is 203 Å². The number of aryl methyl sites for hydroxylation is 1. The van der Waals surface area contributed by atoms with Gasteiger partial charge in [0.25, 0.3) is 0 Å². The lowest BCUT2D eigenvalue weighted by Crippen LogP contribution is -2.37. The number of alkyl halides is 3. The zero-order valence-electron chi connectivity index (χ0n) is 20.1. The number of aromatic hydroxyl groups is 1. The van der Waals surface area contributed by atoms with Crippen LogP contribution in [0.15, 0.2) is 67.5 Å². The quantitative estimate of drug-likeness (QED) is 0.339. The van der Waals surface area contributed by atoms with Gasteiger partial charge in [-0.3, -0.25) is 0 Å². The molecule has 0 fully saturated rings. The van der Waals surface area contributed by atoms with E-state index in [2.05, 4.69) is 35.1 Å². The van der Waals surface area contributed by atoms with Gasteiger partial charge >= 0.3 is 6.36 Å². The number of benzene rings is 2. The van der Waals surface area contributed by atoms with E-state index < -0.39 is 6.36 Å². The molecule has 1 heterocycles. The van der Waals surface area contributed by atoms with Crippen LogP contribution in [0, 0.1) is 0 Å². The highest BCUT2D eigenvalue weighted by atomic mass is 19.4. The Kier molecular flexibility index (Phi) is 8.04. The first-order chi connectivity index (χ1) is 16.5. The third kappa shape index (κ3) is 7.21. The van der Waals surface area contributed by atoms with Crippen molar-refractivity contribution in [2.75, 3.05) is 11.4 Å². The molecular formula is C27H30F3N3O2. The van der Waals surface area contributed by atoms with Gasteiger partial charge in [0.1, 0.15) is 11.5 Å². The van der Waals surface area contributed by atoms with Crippen LogP contribution < -0.4 is 9.64 Å². The Morgan fingerprint density at radius 1 is 1.03 bits per heavy atom. The summed E-state index contributed by atoms with van der Waals surface area (Å²) in [6.07, 6.45) is 1.94. The third-order valence-corrected chi connectivity index (χ3v) is 5.72. The maximum absolute atomic E-state index is 12.5. The zero-order chi connectivity index (χ0) is 25.6. The summed E-state index contributed by atoms with van der Waals surface area (Å²) in [5.41, 5.74) is 3.25. The topological polar surface area (TPSA) is 58.5 Å². The lowest BCUT2D eigenvalue weighted by Gasteiger charge is -2.34. The average Bonchev–Trinajstić information content (AvgIpc) is 2.80. The number of phenols is 1. The van der Waals surface area contributed by atoms with E-state index in [-0.39, 0.29) is 16.9 Å². The van der Waals surface area contributed by atoms with Crippen molar-refractivity contribution in [1.29, 1.82) is 0 Å². The summed E-state index contributed by atoms with van der Waals surface area (Å²) in [5.74, 6) is 0.479.